The number of hydrogen-bond donors (Lipinski definition) is 1. The Balaban J connectivity index is 2.31. The van der Waals surface area contributed by atoms with Gasteiger partial charge in [-0.15, -0.1) is 11.6 Å². The van der Waals surface area contributed by atoms with Gasteiger partial charge < -0.3 is 5.32 Å². The van der Waals surface area contributed by atoms with Crippen LogP contribution in [-0.4, -0.2) is 21.7 Å². The summed E-state index contributed by atoms with van der Waals surface area (Å²) in [5, 5.41) is 8.12. The van der Waals surface area contributed by atoms with Crippen LogP contribution in [0.5, 0.6) is 0 Å². The van der Waals surface area contributed by atoms with Crippen LogP contribution in [0.4, 0.5) is 0 Å². The minimum atomic E-state index is 0.297. The Labute approximate surface area is 103 Å². The maximum absolute atomic E-state index is 6.05. The molecule has 0 bridgehead atoms. The summed E-state index contributed by atoms with van der Waals surface area (Å²) < 4.78 is 2.04. The van der Waals surface area contributed by atoms with Crippen molar-refractivity contribution in [3.8, 4) is 0 Å². The van der Waals surface area contributed by atoms with Crippen LogP contribution in [0, 0.1) is 6.92 Å². The number of nitrogens with one attached hydrogen (secondary N) is 1. The third-order valence-electron chi connectivity index (χ3n) is 2.67. The van der Waals surface area contributed by atoms with E-state index in [4.69, 9.17) is 11.6 Å². The Morgan fingerprint density at radius 3 is 2.88 bits per heavy atom. The molecule has 3 nitrogen and oxygen atoms in total. The lowest BCUT2D eigenvalue weighted by Crippen LogP contribution is -2.19. The second-order valence-corrected chi connectivity index (χ2v) is 4.68. The molecule has 4 heteroatoms. The fourth-order valence-electron chi connectivity index (χ4n) is 1.69. The van der Waals surface area contributed by atoms with E-state index in [1.807, 2.05) is 11.6 Å². The fourth-order valence-corrected chi connectivity index (χ4v) is 1.80. The molecule has 16 heavy (non-hydrogen) atoms. The summed E-state index contributed by atoms with van der Waals surface area (Å²) >= 11 is 6.05. The Morgan fingerprint density at radius 2 is 2.25 bits per heavy atom. The number of nitrogens with zero attached hydrogens (tertiary/aromatic N) is 2. The van der Waals surface area contributed by atoms with E-state index >= 15 is 0 Å². The van der Waals surface area contributed by atoms with Gasteiger partial charge in [-0.1, -0.05) is 6.92 Å². The van der Waals surface area contributed by atoms with Crippen LogP contribution >= 0.6 is 11.6 Å². The molecule has 1 aromatic heterocycles. The Morgan fingerprint density at radius 1 is 1.50 bits per heavy atom. The molecule has 0 aliphatic heterocycles. The van der Waals surface area contributed by atoms with Gasteiger partial charge in [0.05, 0.1) is 11.4 Å². The van der Waals surface area contributed by atoms with Crippen molar-refractivity contribution >= 4 is 11.6 Å². The molecule has 1 heterocycles. The van der Waals surface area contributed by atoms with E-state index < -0.39 is 0 Å². The minimum absolute atomic E-state index is 0.297. The topological polar surface area (TPSA) is 29.9 Å². The van der Waals surface area contributed by atoms with Crippen molar-refractivity contribution in [2.75, 3.05) is 6.54 Å². The smallest absolute Gasteiger partial charge is 0.0597 e. The second kappa shape index (κ2) is 6.92. The van der Waals surface area contributed by atoms with Gasteiger partial charge in [0.2, 0.25) is 0 Å². The molecule has 1 atom stereocenters. The standard InChI is InChI=1S/C12H22ClN3/c1-4-11(13)6-7-14-9-12-8-10(3)15-16(12)5-2/h8,11,14H,4-7,9H2,1-3H3. The molecule has 1 rings (SSSR count). The maximum atomic E-state index is 6.05. The Kier molecular flexibility index (Phi) is 5.85. The van der Waals surface area contributed by atoms with Gasteiger partial charge in [-0.25, -0.2) is 0 Å². The highest BCUT2D eigenvalue weighted by molar-refractivity contribution is 6.20. The van der Waals surface area contributed by atoms with Crippen LogP contribution in [0.25, 0.3) is 0 Å². The van der Waals surface area contributed by atoms with E-state index in [-0.39, 0.29) is 0 Å². The lowest BCUT2D eigenvalue weighted by molar-refractivity contribution is 0.564. The molecule has 1 unspecified atom stereocenters. The summed E-state index contributed by atoms with van der Waals surface area (Å²) in [6.45, 7) is 9.03. The van der Waals surface area contributed by atoms with E-state index in [1.165, 1.54) is 5.69 Å². The molecule has 0 amide bonds. The van der Waals surface area contributed by atoms with Gasteiger partial charge >= 0.3 is 0 Å². The number of rotatable bonds is 7. The summed E-state index contributed by atoms with van der Waals surface area (Å²) in [6.07, 6.45) is 2.06. The van der Waals surface area contributed by atoms with E-state index in [0.717, 1.165) is 38.2 Å². The maximum Gasteiger partial charge on any atom is 0.0597 e. The molecule has 0 aromatic carbocycles. The zero-order valence-electron chi connectivity index (χ0n) is 10.5. The average Bonchev–Trinajstić information content (AvgIpc) is 2.64. The molecular weight excluding hydrogens is 222 g/mol. The fraction of sp³-hybridized carbons (Fsp3) is 0.750. The predicted molar refractivity (Wildman–Crippen MR) is 68.9 cm³/mol. The molecule has 0 fully saturated rings. The van der Waals surface area contributed by atoms with Crippen molar-refractivity contribution in [3.05, 3.63) is 17.5 Å². The van der Waals surface area contributed by atoms with Gasteiger partial charge in [0.25, 0.3) is 0 Å². The molecule has 0 saturated heterocycles. The van der Waals surface area contributed by atoms with Gasteiger partial charge in [0.15, 0.2) is 0 Å². The molecule has 0 aliphatic carbocycles. The van der Waals surface area contributed by atoms with Crippen LogP contribution in [0.1, 0.15) is 38.1 Å². The summed E-state index contributed by atoms with van der Waals surface area (Å²) in [7, 11) is 0. The quantitative estimate of drug-likeness (QED) is 0.590. The molecule has 0 spiro atoms. The molecule has 1 N–H and O–H groups in total. The highest BCUT2D eigenvalue weighted by atomic mass is 35.5. The third kappa shape index (κ3) is 4.14. The number of aryl methyl sites for hydroxylation is 2. The normalized spacial score (nSPS) is 13.0. The molecule has 1 aromatic rings. The number of aromatic nitrogens is 2. The zero-order chi connectivity index (χ0) is 12.0. The summed E-state index contributed by atoms with van der Waals surface area (Å²) in [5.41, 5.74) is 2.34. The van der Waals surface area contributed by atoms with Crippen molar-refractivity contribution in [2.45, 2.75) is 52.1 Å². The summed E-state index contributed by atoms with van der Waals surface area (Å²) in [5.74, 6) is 0. The van der Waals surface area contributed by atoms with Crippen LogP contribution in [-0.2, 0) is 13.1 Å². The SMILES string of the molecule is CCC(Cl)CCNCc1cc(C)nn1CC. The molecule has 0 saturated carbocycles. The lowest BCUT2D eigenvalue weighted by atomic mass is 10.2. The number of hydrogen-bond acceptors (Lipinski definition) is 2. The average molecular weight is 244 g/mol. The largest absolute Gasteiger partial charge is 0.311 e. The van der Waals surface area contributed by atoms with Crippen molar-refractivity contribution < 1.29 is 0 Å². The van der Waals surface area contributed by atoms with E-state index in [0.29, 0.717) is 5.38 Å². The first-order valence-electron chi connectivity index (χ1n) is 6.05. The van der Waals surface area contributed by atoms with Gasteiger partial charge in [0, 0.05) is 18.5 Å². The highest BCUT2D eigenvalue weighted by Gasteiger charge is 2.04. The van der Waals surface area contributed by atoms with Crippen LogP contribution in [0.15, 0.2) is 6.07 Å². The van der Waals surface area contributed by atoms with Gasteiger partial charge in [0.1, 0.15) is 0 Å². The molecule has 92 valence electrons. The molecular formula is C12H22ClN3. The first-order chi connectivity index (χ1) is 7.67. The van der Waals surface area contributed by atoms with Crippen LogP contribution in [0.3, 0.4) is 0 Å². The zero-order valence-corrected chi connectivity index (χ0v) is 11.2. The van der Waals surface area contributed by atoms with Crippen molar-refractivity contribution in [3.63, 3.8) is 0 Å². The first kappa shape index (κ1) is 13.5. The predicted octanol–water partition coefficient (Wildman–Crippen LogP) is 2.71. The summed E-state index contributed by atoms with van der Waals surface area (Å²) in [6, 6.07) is 2.13. The van der Waals surface area contributed by atoms with E-state index in [1.54, 1.807) is 0 Å². The van der Waals surface area contributed by atoms with Gasteiger partial charge in [-0.3, -0.25) is 4.68 Å². The number of halogens is 1. The van der Waals surface area contributed by atoms with Crippen LogP contribution in [0.2, 0.25) is 0 Å². The van der Waals surface area contributed by atoms with E-state index in [9.17, 15) is 0 Å². The van der Waals surface area contributed by atoms with E-state index in [2.05, 4.69) is 30.3 Å². The Hall–Kier alpha value is -0.540. The molecule has 0 radical (unpaired) electrons. The second-order valence-electron chi connectivity index (χ2n) is 4.06. The monoisotopic (exact) mass is 243 g/mol. The van der Waals surface area contributed by atoms with Crippen LogP contribution < -0.4 is 5.32 Å². The third-order valence-corrected chi connectivity index (χ3v) is 3.20. The number of alkyl halides is 1. The highest BCUT2D eigenvalue weighted by Crippen LogP contribution is 2.06. The Bertz CT molecular complexity index is 309. The van der Waals surface area contributed by atoms with Crippen molar-refractivity contribution in [2.24, 2.45) is 0 Å². The van der Waals surface area contributed by atoms with Gasteiger partial charge in [-0.05, 0) is 39.3 Å². The minimum Gasteiger partial charge on any atom is -0.311 e. The lowest BCUT2D eigenvalue weighted by Gasteiger charge is -2.08. The first-order valence-corrected chi connectivity index (χ1v) is 6.49. The van der Waals surface area contributed by atoms with Gasteiger partial charge in [-0.2, -0.15) is 5.10 Å². The van der Waals surface area contributed by atoms with Crippen molar-refractivity contribution in [1.82, 2.24) is 15.1 Å². The molecule has 0 aliphatic rings. The van der Waals surface area contributed by atoms with Crippen molar-refractivity contribution in [1.29, 1.82) is 0 Å². The summed E-state index contributed by atoms with van der Waals surface area (Å²) in [4.78, 5) is 0.